The average molecular weight is 228 g/mol. The summed E-state index contributed by atoms with van der Waals surface area (Å²) in [5.74, 6) is 0. The predicted molar refractivity (Wildman–Crippen MR) is 65.2 cm³/mol. The summed E-state index contributed by atoms with van der Waals surface area (Å²) in [6.45, 7) is 4.64. The van der Waals surface area contributed by atoms with E-state index < -0.39 is 0 Å². The molecular formula is C11H20N2OS. The van der Waals surface area contributed by atoms with Crippen molar-refractivity contribution >= 4 is 11.3 Å². The maximum absolute atomic E-state index is 5.90. The van der Waals surface area contributed by atoms with Gasteiger partial charge in [0, 0.05) is 37.7 Å². The van der Waals surface area contributed by atoms with Gasteiger partial charge < -0.3 is 15.8 Å². The molecular weight excluding hydrogens is 208 g/mol. The number of rotatable bonds is 7. The van der Waals surface area contributed by atoms with Crippen LogP contribution in [0.2, 0.25) is 0 Å². The highest BCUT2D eigenvalue weighted by atomic mass is 32.1. The van der Waals surface area contributed by atoms with Crippen LogP contribution in [0.3, 0.4) is 0 Å². The first kappa shape index (κ1) is 12.6. The quantitative estimate of drug-likeness (QED) is 0.743. The highest BCUT2D eigenvalue weighted by Gasteiger charge is 2.03. The minimum absolute atomic E-state index is 0.185. The zero-order chi connectivity index (χ0) is 11.1. The minimum atomic E-state index is 0.185. The van der Waals surface area contributed by atoms with Gasteiger partial charge in [0.25, 0.3) is 0 Å². The van der Waals surface area contributed by atoms with E-state index in [1.165, 1.54) is 10.4 Å². The number of nitrogens with one attached hydrogen (secondary N) is 1. The maximum atomic E-state index is 5.90. The molecule has 3 N–H and O–H groups in total. The summed E-state index contributed by atoms with van der Waals surface area (Å²) in [7, 11) is 1.70. The van der Waals surface area contributed by atoms with Crippen LogP contribution in [0.5, 0.6) is 0 Å². The number of aryl methyl sites for hydroxylation is 1. The molecule has 1 aromatic rings. The van der Waals surface area contributed by atoms with E-state index in [1.807, 2.05) is 0 Å². The highest BCUT2D eigenvalue weighted by Crippen LogP contribution is 2.14. The van der Waals surface area contributed by atoms with Crippen LogP contribution in [0.1, 0.15) is 16.9 Å². The number of hydrogen-bond acceptors (Lipinski definition) is 4. The second-order valence-electron chi connectivity index (χ2n) is 3.70. The Morgan fingerprint density at radius 2 is 2.40 bits per heavy atom. The Morgan fingerprint density at radius 3 is 3.00 bits per heavy atom. The van der Waals surface area contributed by atoms with Gasteiger partial charge in [0.05, 0.1) is 0 Å². The van der Waals surface area contributed by atoms with Crippen LogP contribution in [-0.4, -0.2) is 26.3 Å². The van der Waals surface area contributed by atoms with E-state index in [2.05, 4.69) is 23.7 Å². The Kier molecular flexibility index (Phi) is 5.86. The molecule has 4 heteroatoms. The lowest BCUT2D eigenvalue weighted by Crippen LogP contribution is -2.34. The number of nitrogens with two attached hydrogens (primary N) is 1. The second kappa shape index (κ2) is 6.95. The Balaban J connectivity index is 2.13. The summed E-state index contributed by atoms with van der Waals surface area (Å²) < 4.78 is 4.98. The molecule has 0 saturated heterocycles. The van der Waals surface area contributed by atoms with Crippen LogP contribution in [0.25, 0.3) is 0 Å². The Hall–Kier alpha value is -0.420. The minimum Gasteiger partial charge on any atom is -0.385 e. The van der Waals surface area contributed by atoms with Crippen molar-refractivity contribution in [2.24, 2.45) is 5.73 Å². The zero-order valence-electron chi connectivity index (χ0n) is 9.45. The monoisotopic (exact) mass is 228 g/mol. The molecule has 15 heavy (non-hydrogen) atoms. The summed E-state index contributed by atoms with van der Waals surface area (Å²) in [6, 6.07) is 2.33. The smallest absolute Gasteiger partial charge is 0.0477 e. The fourth-order valence-corrected chi connectivity index (χ4v) is 2.20. The van der Waals surface area contributed by atoms with Crippen molar-refractivity contribution < 1.29 is 4.74 Å². The Bertz CT molecular complexity index is 275. The van der Waals surface area contributed by atoms with Gasteiger partial charge in [-0.15, -0.1) is 11.3 Å². The summed E-state index contributed by atoms with van der Waals surface area (Å²) >= 11 is 1.79. The van der Waals surface area contributed by atoms with Gasteiger partial charge >= 0.3 is 0 Å². The molecule has 0 fully saturated rings. The lowest BCUT2D eigenvalue weighted by atomic mass is 10.2. The van der Waals surface area contributed by atoms with Crippen LogP contribution in [0.15, 0.2) is 11.4 Å². The molecule has 0 saturated carbocycles. The predicted octanol–water partition coefficient (Wildman–Crippen LogP) is 1.51. The van der Waals surface area contributed by atoms with E-state index in [1.54, 1.807) is 18.4 Å². The van der Waals surface area contributed by atoms with Crippen LogP contribution in [0, 0.1) is 6.92 Å². The van der Waals surface area contributed by atoms with E-state index in [4.69, 9.17) is 10.5 Å². The molecule has 0 aromatic carbocycles. The van der Waals surface area contributed by atoms with Crippen molar-refractivity contribution in [3.8, 4) is 0 Å². The van der Waals surface area contributed by atoms with E-state index in [0.29, 0.717) is 0 Å². The molecule has 0 aliphatic heterocycles. The van der Waals surface area contributed by atoms with Crippen LogP contribution in [0.4, 0.5) is 0 Å². The van der Waals surface area contributed by atoms with Crippen molar-refractivity contribution in [1.82, 2.24) is 5.32 Å². The average Bonchev–Trinajstić information content (AvgIpc) is 2.61. The molecule has 0 spiro atoms. The van der Waals surface area contributed by atoms with E-state index in [0.717, 1.165) is 26.1 Å². The standard InChI is InChI=1S/C11H20N2OS/c1-9-4-6-15-11(9)8-13-7-10(12)3-5-14-2/h4,6,10,13H,3,5,7-8,12H2,1-2H3. The second-order valence-corrected chi connectivity index (χ2v) is 4.70. The van der Waals surface area contributed by atoms with Gasteiger partial charge in [-0.25, -0.2) is 0 Å². The first-order chi connectivity index (χ1) is 7.24. The Morgan fingerprint density at radius 1 is 1.60 bits per heavy atom. The topological polar surface area (TPSA) is 47.3 Å². The number of ether oxygens (including phenoxy) is 1. The summed E-state index contributed by atoms with van der Waals surface area (Å²) in [5.41, 5.74) is 7.26. The first-order valence-corrected chi connectivity index (χ1v) is 6.10. The van der Waals surface area contributed by atoms with Crippen molar-refractivity contribution in [2.45, 2.75) is 25.9 Å². The lowest BCUT2D eigenvalue weighted by Gasteiger charge is -2.11. The van der Waals surface area contributed by atoms with Crippen LogP contribution < -0.4 is 11.1 Å². The van der Waals surface area contributed by atoms with Crippen molar-refractivity contribution in [2.75, 3.05) is 20.3 Å². The third-order valence-electron chi connectivity index (χ3n) is 2.35. The Labute approximate surface area is 95.6 Å². The summed E-state index contributed by atoms with van der Waals surface area (Å²) in [6.07, 6.45) is 0.910. The molecule has 86 valence electrons. The van der Waals surface area contributed by atoms with Crippen LogP contribution in [-0.2, 0) is 11.3 Å². The van der Waals surface area contributed by atoms with Crippen molar-refractivity contribution in [3.63, 3.8) is 0 Å². The van der Waals surface area contributed by atoms with Gasteiger partial charge in [0.1, 0.15) is 0 Å². The molecule has 3 nitrogen and oxygen atoms in total. The van der Waals surface area contributed by atoms with Crippen molar-refractivity contribution in [1.29, 1.82) is 0 Å². The van der Waals surface area contributed by atoms with E-state index in [-0.39, 0.29) is 6.04 Å². The molecule has 1 atom stereocenters. The van der Waals surface area contributed by atoms with Gasteiger partial charge in [-0.1, -0.05) is 0 Å². The number of methoxy groups -OCH3 is 1. The normalized spacial score (nSPS) is 13.0. The lowest BCUT2D eigenvalue weighted by molar-refractivity contribution is 0.187. The zero-order valence-corrected chi connectivity index (χ0v) is 10.3. The summed E-state index contributed by atoms with van der Waals surface area (Å²) in [5, 5.41) is 5.49. The first-order valence-electron chi connectivity index (χ1n) is 5.22. The van der Waals surface area contributed by atoms with Gasteiger partial charge in [0.15, 0.2) is 0 Å². The third-order valence-corrected chi connectivity index (χ3v) is 3.38. The molecule has 1 unspecified atom stereocenters. The maximum Gasteiger partial charge on any atom is 0.0477 e. The molecule has 0 amide bonds. The van der Waals surface area contributed by atoms with Gasteiger partial charge in [-0.05, 0) is 30.4 Å². The number of thiophene rings is 1. The van der Waals surface area contributed by atoms with Gasteiger partial charge in [0.2, 0.25) is 0 Å². The molecule has 0 radical (unpaired) electrons. The van der Waals surface area contributed by atoms with E-state index >= 15 is 0 Å². The number of hydrogen-bond donors (Lipinski definition) is 2. The van der Waals surface area contributed by atoms with Crippen molar-refractivity contribution in [3.05, 3.63) is 21.9 Å². The molecule has 1 heterocycles. The summed E-state index contributed by atoms with van der Waals surface area (Å²) in [4.78, 5) is 1.40. The van der Waals surface area contributed by atoms with Gasteiger partial charge in [-0.3, -0.25) is 0 Å². The van der Waals surface area contributed by atoms with E-state index in [9.17, 15) is 0 Å². The molecule has 0 bridgehead atoms. The fraction of sp³-hybridized carbons (Fsp3) is 0.636. The highest BCUT2D eigenvalue weighted by molar-refractivity contribution is 7.10. The molecule has 0 aliphatic carbocycles. The molecule has 0 aliphatic rings. The third kappa shape index (κ3) is 4.75. The molecule has 1 aromatic heterocycles. The fourth-order valence-electron chi connectivity index (χ4n) is 1.33. The largest absolute Gasteiger partial charge is 0.385 e. The molecule has 1 rings (SSSR count). The SMILES string of the molecule is COCCC(N)CNCc1sccc1C. The van der Waals surface area contributed by atoms with Crippen LogP contribution >= 0.6 is 11.3 Å². The van der Waals surface area contributed by atoms with Gasteiger partial charge in [-0.2, -0.15) is 0 Å².